The number of benzene rings is 2. The second-order valence-electron chi connectivity index (χ2n) is 8.42. The minimum Gasteiger partial charge on any atom is -0.394 e. The Bertz CT molecular complexity index is 1080. The maximum atomic E-state index is 14.0. The number of aliphatic hydroxyl groups excluding tert-OH is 5. The van der Waals surface area contributed by atoms with Crippen LogP contribution in [0.4, 0.5) is 13.2 Å². The summed E-state index contributed by atoms with van der Waals surface area (Å²) in [6.07, 6.45) is -14.9. The number of carbonyl (C=O) groups excluding carboxylic acids is 1. The number of alkyl halides is 3. The molecule has 2 aromatic rings. The van der Waals surface area contributed by atoms with Gasteiger partial charge in [0.25, 0.3) is 5.91 Å². The maximum absolute atomic E-state index is 14.0. The molecule has 1 saturated heterocycles. The van der Waals surface area contributed by atoms with Gasteiger partial charge in [-0.05, 0) is 40.8 Å². The van der Waals surface area contributed by atoms with E-state index in [2.05, 4.69) is 5.32 Å². The molecular weight excluding hydrogens is 459 g/mol. The topological polar surface area (TPSA) is 139 Å². The Kier molecular flexibility index (Phi) is 6.69. The quantitative estimate of drug-likeness (QED) is 0.373. The highest BCUT2D eigenvalue weighted by molar-refractivity contribution is 5.98. The normalized spacial score (nSPS) is 28.2. The van der Waals surface area contributed by atoms with Crippen molar-refractivity contribution in [3.05, 3.63) is 58.7 Å². The number of aliphatic hydroxyl groups is 5. The van der Waals surface area contributed by atoms with Crippen LogP contribution in [0.25, 0.3) is 11.1 Å². The van der Waals surface area contributed by atoms with E-state index in [0.29, 0.717) is 24.1 Å². The van der Waals surface area contributed by atoms with Crippen molar-refractivity contribution < 1.29 is 48.2 Å². The predicted octanol–water partition coefficient (Wildman–Crippen LogP) is 0.534. The lowest BCUT2D eigenvalue weighted by Crippen LogP contribution is -2.60. The largest absolute Gasteiger partial charge is 0.416 e. The summed E-state index contributed by atoms with van der Waals surface area (Å²) in [5.41, 5.74) is -0.123. The molecule has 6 N–H and O–H groups in total. The van der Waals surface area contributed by atoms with Crippen LogP contribution >= 0.6 is 0 Å². The average molecular weight is 483 g/mol. The van der Waals surface area contributed by atoms with Crippen molar-refractivity contribution in [1.29, 1.82) is 0 Å². The monoisotopic (exact) mass is 483 g/mol. The van der Waals surface area contributed by atoms with E-state index in [4.69, 9.17) is 4.74 Å². The van der Waals surface area contributed by atoms with Crippen LogP contribution < -0.4 is 5.32 Å². The minimum absolute atomic E-state index is 0.151. The lowest BCUT2D eigenvalue weighted by molar-refractivity contribution is -0.250. The molecule has 4 rings (SSSR count). The highest BCUT2D eigenvalue weighted by atomic mass is 19.4. The van der Waals surface area contributed by atoms with Crippen molar-refractivity contribution in [2.45, 2.75) is 49.2 Å². The van der Waals surface area contributed by atoms with E-state index in [0.717, 1.165) is 17.7 Å². The van der Waals surface area contributed by atoms with Crippen molar-refractivity contribution in [3.8, 4) is 11.1 Å². The van der Waals surface area contributed by atoms with Crippen LogP contribution in [0.1, 0.15) is 33.2 Å². The highest BCUT2D eigenvalue weighted by Crippen LogP contribution is 2.40. The fraction of sp³-hybridized carbons (Fsp3) is 0.435. The van der Waals surface area contributed by atoms with E-state index in [1.807, 2.05) is 0 Å². The fourth-order valence-electron chi connectivity index (χ4n) is 4.40. The molecule has 1 fully saturated rings. The molecule has 2 aliphatic rings. The third kappa shape index (κ3) is 4.42. The van der Waals surface area contributed by atoms with Crippen LogP contribution in [0, 0.1) is 0 Å². The van der Waals surface area contributed by atoms with Gasteiger partial charge in [0.05, 0.1) is 12.2 Å². The molecule has 1 amide bonds. The van der Waals surface area contributed by atoms with Crippen LogP contribution in [0.5, 0.6) is 0 Å². The first-order valence-corrected chi connectivity index (χ1v) is 10.6. The lowest BCUT2D eigenvalue weighted by atomic mass is 9.87. The van der Waals surface area contributed by atoms with Crippen molar-refractivity contribution in [2.75, 3.05) is 13.2 Å². The number of rotatable bonds is 4. The third-order valence-corrected chi connectivity index (χ3v) is 6.29. The molecule has 2 unspecified atom stereocenters. The zero-order valence-corrected chi connectivity index (χ0v) is 17.7. The van der Waals surface area contributed by atoms with E-state index < -0.39 is 60.5 Å². The van der Waals surface area contributed by atoms with Gasteiger partial charge in [0, 0.05) is 12.1 Å². The Morgan fingerprint density at radius 1 is 1.03 bits per heavy atom. The van der Waals surface area contributed by atoms with Crippen LogP contribution in [0.2, 0.25) is 0 Å². The zero-order chi connectivity index (χ0) is 24.8. The standard InChI is InChI=1S/C23H24F3NO7/c24-23(25,26)15-8-12(11-2-1-10-5-6-27-22(33)14(10)7-11)3-4-13(15)17(29)21-20(32)19(31)18(30)16(9-28)34-21/h1-4,7-8,16-21,28-32H,5-6,9H2,(H,27,33)/t16?,17-,18+,19-,20?,21+/m0/s1. The smallest absolute Gasteiger partial charge is 0.394 e. The maximum Gasteiger partial charge on any atom is 0.416 e. The second-order valence-corrected chi connectivity index (χ2v) is 8.42. The summed E-state index contributed by atoms with van der Waals surface area (Å²) in [4.78, 5) is 12.1. The van der Waals surface area contributed by atoms with Gasteiger partial charge in [-0.1, -0.05) is 24.3 Å². The molecule has 0 aromatic heterocycles. The summed E-state index contributed by atoms with van der Waals surface area (Å²) in [5, 5.41) is 52.8. The molecule has 8 nitrogen and oxygen atoms in total. The fourth-order valence-corrected chi connectivity index (χ4v) is 4.40. The Morgan fingerprint density at radius 2 is 1.71 bits per heavy atom. The molecule has 11 heteroatoms. The molecular formula is C23H24F3NO7. The Hall–Kier alpha value is -2.54. The molecule has 0 radical (unpaired) electrons. The molecule has 34 heavy (non-hydrogen) atoms. The van der Waals surface area contributed by atoms with Crippen molar-refractivity contribution in [1.82, 2.24) is 5.32 Å². The molecule has 0 saturated carbocycles. The molecule has 0 spiro atoms. The van der Waals surface area contributed by atoms with E-state index in [9.17, 15) is 43.5 Å². The van der Waals surface area contributed by atoms with Gasteiger partial charge in [0.2, 0.25) is 0 Å². The number of hydrogen-bond donors (Lipinski definition) is 6. The summed E-state index contributed by atoms with van der Waals surface area (Å²) >= 11 is 0. The van der Waals surface area contributed by atoms with E-state index >= 15 is 0 Å². The molecule has 6 atom stereocenters. The first-order valence-electron chi connectivity index (χ1n) is 10.6. The number of halogens is 3. The van der Waals surface area contributed by atoms with E-state index in [1.165, 1.54) is 12.1 Å². The first kappa shape index (κ1) is 24.6. The number of hydrogen-bond acceptors (Lipinski definition) is 7. The second kappa shape index (κ2) is 9.25. The molecule has 2 heterocycles. The van der Waals surface area contributed by atoms with Gasteiger partial charge < -0.3 is 35.6 Å². The SMILES string of the molecule is O=C1NCCc2ccc(-c3ccc([C@H](O)[C@H]4OC(CO)[C@@H](O)[C@H](O)C4O)c(C(F)(F)F)c3)cc21. The van der Waals surface area contributed by atoms with Gasteiger partial charge in [0.15, 0.2) is 0 Å². The lowest BCUT2D eigenvalue weighted by Gasteiger charge is -2.42. The summed E-state index contributed by atoms with van der Waals surface area (Å²) in [6.45, 7) is -0.306. The van der Waals surface area contributed by atoms with Crippen molar-refractivity contribution >= 4 is 5.91 Å². The van der Waals surface area contributed by atoms with Gasteiger partial charge in [0.1, 0.15) is 36.6 Å². The summed E-state index contributed by atoms with van der Waals surface area (Å²) < 4.78 is 47.2. The van der Waals surface area contributed by atoms with Gasteiger partial charge >= 0.3 is 6.18 Å². The zero-order valence-electron chi connectivity index (χ0n) is 17.7. The molecule has 184 valence electrons. The molecule has 0 bridgehead atoms. The molecule has 2 aliphatic heterocycles. The first-order chi connectivity index (χ1) is 16.0. The highest BCUT2D eigenvalue weighted by Gasteiger charge is 2.48. The van der Waals surface area contributed by atoms with E-state index in [-0.39, 0.29) is 11.5 Å². The minimum atomic E-state index is -4.90. The molecule has 2 aromatic carbocycles. The Morgan fingerprint density at radius 3 is 2.38 bits per heavy atom. The average Bonchev–Trinajstić information content (AvgIpc) is 2.81. The van der Waals surface area contributed by atoms with Crippen molar-refractivity contribution in [2.24, 2.45) is 0 Å². The number of fused-ring (bicyclic) bond motifs is 1. The third-order valence-electron chi connectivity index (χ3n) is 6.29. The van der Waals surface area contributed by atoms with Crippen LogP contribution in [-0.2, 0) is 17.3 Å². The Balaban J connectivity index is 1.72. The number of ether oxygens (including phenoxy) is 1. The predicted molar refractivity (Wildman–Crippen MR) is 112 cm³/mol. The summed E-state index contributed by atoms with van der Waals surface area (Å²) in [5.74, 6) is -0.311. The summed E-state index contributed by atoms with van der Waals surface area (Å²) in [6, 6.07) is 8.00. The van der Waals surface area contributed by atoms with E-state index in [1.54, 1.807) is 12.1 Å². The number of amides is 1. The van der Waals surface area contributed by atoms with Crippen LogP contribution in [-0.4, -0.2) is 75.1 Å². The number of carbonyl (C=O) groups is 1. The van der Waals surface area contributed by atoms with Gasteiger partial charge in [-0.15, -0.1) is 0 Å². The van der Waals surface area contributed by atoms with Crippen molar-refractivity contribution in [3.63, 3.8) is 0 Å². The molecule has 0 aliphatic carbocycles. The Labute approximate surface area is 192 Å². The van der Waals surface area contributed by atoms with Gasteiger partial charge in [-0.2, -0.15) is 13.2 Å². The van der Waals surface area contributed by atoms with Gasteiger partial charge in [-0.3, -0.25) is 4.79 Å². The van der Waals surface area contributed by atoms with Gasteiger partial charge in [-0.25, -0.2) is 0 Å². The van der Waals surface area contributed by atoms with Crippen LogP contribution in [0.15, 0.2) is 36.4 Å². The van der Waals surface area contributed by atoms with Crippen LogP contribution in [0.3, 0.4) is 0 Å². The summed E-state index contributed by atoms with van der Waals surface area (Å²) in [7, 11) is 0. The number of nitrogens with one attached hydrogen (secondary N) is 1.